The minimum atomic E-state index is -3.06. The van der Waals surface area contributed by atoms with Crippen molar-refractivity contribution in [2.45, 2.75) is 38.6 Å². The van der Waals surface area contributed by atoms with E-state index in [0.29, 0.717) is 24.9 Å². The van der Waals surface area contributed by atoms with Crippen LogP contribution in [0.4, 0.5) is 5.69 Å². The zero-order valence-electron chi connectivity index (χ0n) is 13.7. The fraction of sp³-hybridized carbons (Fsp3) is 0.529. The molecule has 1 aliphatic carbocycles. The van der Waals surface area contributed by atoms with Crippen LogP contribution >= 0.6 is 0 Å². The number of aryl methyl sites for hydroxylation is 1. The van der Waals surface area contributed by atoms with Crippen LogP contribution in [0, 0.1) is 5.41 Å². The van der Waals surface area contributed by atoms with Crippen LogP contribution in [0.15, 0.2) is 24.3 Å². The standard InChI is InChI=1S/C17H22N2O4S/c1-2-12-3-5-13(6-4-12)18-15(20)17(8-9-17)16(21)19-14-7-10-24(22,23)11-14/h3-6,14H,2,7-11H2,1H3,(H,18,20)(H,19,21). The van der Waals surface area contributed by atoms with Gasteiger partial charge in [0.1, 0.15) is 5.41 Å². The molecular formula is C17H22N2O4S. The lowest BCUT2D eigenvalue weighted by molar-refractivity contribution is -0.134. The Balaban J connectivity index is 1.62. The summed E-state index contributed by atoms with van der Waals surface area (Å²) in [5, 5.41) is 5.54. The van der Waals surface area contributed by atoms with E-state index >= 15 is 0 Å². The highest BCUT2D eigenvalue weighted by Crippen LogP contribution is 2.47. The van der Waals surface area contributed by atoms with Crippen LogP contribution in [-0.2, 0) is 25.8 Å². The molecule has 1 unspecified atom stereocenters. The first-order valence-electron chi connectivity index (χ1n) is 8.26. The zero-order chi connectivity index (χ0) is 17.4. The van der Waals surface area contributed by atoms with Gasteiger partial charge in [-0.1, -0.05) is 19.1 Å². The lowest BCUT2D eigenvalue weighted by Gasteiger charge is -2.18. The van der Waals surface area contributed by atoms with Gasteiger partial charge >= 0.3 is 0 Å². The zero-order valence-corrected chi connectivity index (χ0v) is 14.5. The lowest BCUT2D eigenvalue weighted by Crippen LogP contribution is -2.45. The number of sulfone groups is 1. The van der Waals surface area contributed by atoms with Gasteiger partial charge in [0.2, 0.25) is 11.8 Å². The number of carbonyl (C=O) groups is 2. The molecule has 130 valence electrons. The Morgan fingerprint density at radius 1 is 1.17 bits per heavy atom. The summed E-state index contributed by atoms with van der Waals surface area (Å²) >= 11 is 0. The molecular weight excluding hydrogens is 328 g/mol. The molecule has 2 aliphatic rings. The molecule has 0 bridgehead atoms. The molecule has 24 heavy (non-hydrogen) atoms. The molecule has 1 aromatic rings. The number of amides is 2. The highest BCUT2D eigenvalue weighted by atomic mass is 32.2. The van der Waals surface area contributed by atoms with Gasteiger partial charge in [-0.2, -0.15) is 0 Å². The van der Waals surface area contributed by atoms with Crippen LogP contribution in [0.3, 0.4) is 0 Å². The molecule has 1 aromatic carbocycles. The average molecular weight is 350 g/mol. The summed E-state index contributed by atoms with van der Waals surface area (Å²) in [5.41, 5.74) is 0.796. The number of anilines is 1. The lowest BCUT2D eigenvalue weighted by atomic mass is 10.0. The average Bonchev–Trinajstić information content (AvgIpc) is 3.29. The maximum atomic E-state index is 12.5. The summed E-state index contributed by atoms with van der Waals surface area (Å²) in [6.07, 6.45) is 2.34. The Hall–Kier alpha value is -1.89. The van der Waals surface area contributed by atoms with E-state index in [1.807, 2.05) is 24.3 Å². The molecule has 2 N–H and O–H groups in total. The first-order valence-corrected chi connectivity index (χ1v) is 10.1. The van der Waals surface area contributed by atoms with Crippen LogP contribution in [0.25, 0.3) is 0 Å². The molecule has 2 fully saturated rings. The fourth-order valence-electron chi connectivity index (χ4n) is 2.99. The Morgan fingerprint density at radius 2 is 1.83 bits per heavy atom. The van der Waals surface area contributed by atoms with E-state index in [2.05, 4.69) is 17.6 Å². The molecule has 1 saturated heterocycles. The third-order valence-electron chi connectivity index (χ3n) is 4.81. The van der Waals surface area contributed by atoms with Gasteiger partial charge < -0.3 is 10.6 Å². The van der Waals surface area contributed by atoms with Crippen molar-refractivity contribution in [1.29, 1.82) is 0 Å². The number of rotatable bonds is 5. The summed E-state index contributed by atoms with van der Waals surface area (Å²) in [4.78, 5) is 25.0. The third-order valence-corrected chi connectivity index (χ3v) is 6.57. The van der Waals surface area contributed by atoms with Gasteiger partial charge in [0.15, 0.2) is 9.84 Å². The maximum absolute atomic E-state index is 12.5. The van der Waals surface area contributed by atoms with Crippen molar-refractivity contribution in [1.82, 2.24) is 5.32 Å². The highest BCUT2D eigenvalue weighted by molar-refractivity contribution is 7.91. The Bertz CT molecular complexity index is 751. The van der Waals surface area contributed by atoms with Gasteiger partial charge in [-0.05, 0) is 43.4 Å². The molecule has 1 heterocycles. The Morgan fingerprint density at radius 3 is 2.33 bits per heavy atom. The van der Waals surface area contributed by atoms with Gasteiger partial charge in [0.05, 0.1) is 11.5 Å². The van der Waals surface area contributed by atoms with Crippen LogP contribution in [0.2, 0.25) is 0 Å². The van der Waals surface area contributed by atoms with Crippen molar-refractivity contribution in [2.24, 2.45) is 5.41 Å². The van der Waals surface area contributed by atoms with Gasteiger partial charge in [-0.3, -0.25) is 9.59 Å². The molecule has 0 spiro atoms. The smallest absolute Gasteiger partial charge is 0.240 e. The Kier molecular flexibility index (Phi) is 4.38. The van der Waals surface area contributed by atoms with E-state index in [4.69, 9.17) is 0 Å². The van der Waals surface area contributed by atoms with Gasteiger partial charge in [0, 0.05) is 11.7 Å². The predicted octanol–water partition coefficient (Wildman–Crippen LogP) is 1.27. The topological polar surface area (TPSA) is 92.3 Å². The molecule has 3 rings (SSSR count). The van der Waals surface area contributed by atoms with Crippen molar-refractivity contribution in [3.63, 3.8) is 0 Å². The molecule has 7 heteroatoms. The van der Waals surface area contributed by atoms with E-state index in [0.717, 1.165) is 6.42 Å². The summed E-state index contributed by atoms with van der Waals surface area (Å²) in [6.45, 7) is 2.06. The minimum Gasteiger partial charge on any atom is -0.351 e. The highest BCUT2D eigenvalue weighted by Gasteiger charge is 2.57. The number of benzene rings is 1. The normalized spacial score (nSPS) is 23.5. The SMILES string of the molecule is CCc1ccc(NC(=O)C2(C(=O)NC3CCS(=O)(=O)C3)CC2)cc1. The summed E-state index contributed by atoms with van der Waals surface area (Å²) in [6, 6.07) is 7.16. The second-order valence-electron chi connectivity index (χ2n) is 6.66. The van der Waals surface area contributed by atoms with Crippen molar-refractivity contribution >= 4 is 27.3 Å². The van der Waals surface area contributed by atoms with Crippen LogP contribution in [0.1, 0.15) is 31.7 Å². The molecule has 0 radical (unpaired) electrons. The molecule has 0 aromatic heterocycles. The predicted molar refractivity (Wildman–Crippen MR) is 91.3 cm³/mol. The Labute approximate surface area is 141 Å². The van der Waals surface area contributed by atoms with Gasteiger partial charge in [-0.15, -0.1) is 0 Å². The van der Waals surface area contributed by atoms with Crippen LogP contribution < -0.4 is 10.6 Å². The molecule has 6 nitrogen and oxygen atoms in total. The monoisotopic (exact) mass is 350 g/mol. The van der Waals surface area contributed by atoms with Crippen LogP contribution in [0.5, 0.6) is 0 Å². The fourth-order valence-corrected chi connectivity index (χ4v) is 4.66. The largest absolute Gasteiger partial charge is 0.351 e. The second kappa shape index (κ2) is 6.20. The van der Waals surface area contributed by atoms with E-state index < -0.39 is 15.3 Å². The van der Waals surface area contributed by atoms with E-state index in [-0.39, 0.29) is 29.4 Å². The molecule has 1 saturated carbocycles. The number of nitrogens with one attached hydrogen (secondary N) is 2. The number of carbonyl (C=O) groups excluding carboxylic acids is 2. The first kappa shape index (κ1) is 17.0. The van der Waals surface area contributed by atoms with Crippen molar-refractivity contribution in [2.75, 3.05) is 16.8 Å². The maximum Gasteiger partial charge on any atom is 0.240 e. The number of hydrogen-bond acceptors (Lipinski definition) is 4. The van der Waals surface area contributed by atoms with Crippen molar-refractivity contribution < 1.29 is 18.0 Å². The second-order valence-corrected chi connectivity index (χ2v) is 8.89. The number of hydrogen-bond donors (Lipinski definition) is 2. The summed E-state index contributed by atoms with van der Waals surface area (Å²) < 4.78 is 23.0. The van der Waals surface area contributed by atoms with Gasteiger partial charge in [-0.25, -0.2) is 8.42 Å². The van der Waals surface area contributed by atoms with Gasteiger partial charge in [0.25, 0.3) is 0 Å². The molecule has 1 atom stereocenters. The van der Waals surface area contributed by atoms with Crippen molar-refractivity contribution in [3.05, 3.63) is 29.8 Å². The van der Waals surface area contributed by atoms with Crippen LogP contribution in [-0.4, -0.2) is 37.8 Å². The van der Waals surface area contributed by atoms with E-state index in [1.54, 1.807) is 0 Å². The third kappa shape index (κ3) is 3.45. The quantitative estimate of drug-likeness (QED) is 0.782. The van der Waals surface area contributed by atoms with E-state index in [9.17, 15) is 18.0 Å². The van der Waals surface area contributed by atoms with Crippen molar-refractivity contribution in [3.8, 4) is 0 Å². The molecule has 1 aliphatic heterocycles. The first-order chi connectivity index (χ1) is 11.3. The molecule has 2 amide bonds. The summed E-state index contributed by atoms with van der Waals surface area (Å²) in [7, 11) is -3.06. The minimum absolute atomic E-state index is 0.0328. The van der Waals surface area contributed by atoms with E-state index in [1.165, 1.54) is 5.56 Å². The summed E-state index contributed by atoms with van der Waals surface area (Å²) in [5.74, 6) is -0.604.